The third-order valence-corrected chi connectivity index (χ3v) is 8.17. The van der Waals surface area contributed by atoms with Gasteiger partial charge in [-0.2, -0.15) is 9.97 Å². The Kier molecular flexibility index (Phi) is 10.4. The van der Waals surface area contributed by atoms with Gasteiger partial charge in [-0.3, -0.25) is 0 Å². The first-order valence-electron chi connectivity index (χ1n) is 15.8. The fourth-order valence-corrected chi connectivity index (χ4v) is 6.03. The molecule has 0 N–H and O–H groups in total. The van der Waals surface area contributed by atoms with Crippen molar-refractivity contribution in [1.82, 2.24) is 15.0 Å². The molecule has 0 aliphatic carbocycles. The molecule has 11 heteroatoms. The van der Waals surface area contributed by atoms with Crippen molar-refractivity contribution in [2.75, 3.05) is 74.9 Å². The third kappa shape index (κ3) is 7.48. The number of aromatic nitrogens is 3. The molecule has 2 aromatic heterocycles. The predicted octanol–water partition coefficient (Wildman–Crippen LogP) is 4.73. The van der Waals surface area contributed by atoms with Crippen LogP contribution >= 0.6 is 0 Å². The van der Waals surface area contributed by atoms with Gasteiger partial charge < -0.3 is 33.6 Å². The SMILES string of the molecule is C=CCOC(=O)C(CC(C)C)N(C)c1cc(-c2ccc3c(N4CCOCC4)nc(N4CC(C)OC(C)C4)nc3n2)ccc1OC. The number of rotatable bonds is 11. The van der Waals surface area contributed by atoms with E-state index in [1.54, 1.807) is 13.2 Å². The Morgan fingerprint density at radius 2 is 1.82 bits per heavy atom. The van der Waals surface area contributed by atoms with Crippen LogP contribution in [0.25, 0.3) is 22.3 Å². The zero-order chi connectivity index (χ0) is 32.1. The number of hydrogen-bond donors (Lipinski definition) is 0. The van der Waals surface area contributed by atoms with E-state index in [0.29, 0.717) is 50.1 Å². The maximum atomic E-state index is 13.1. The lowest BCUT2D eigenvalue weighted by Gasteiger charge is -2.36. The molecule has 2 aliphatic heterocycles. The summed E-state index contributed by atoms with van der Waals surface area (Å²) in [4.78, 5) is 34.7. The largest absolute Gasteiger partial charge is 0.495 e. The first-order valence-corrected chi connectivity index (χ1v) is 15.8. The van der Waals surface area contributed by atoms with Gasteiger partial charge in [0.25, 0.3) is 0 Å². The van der Waals surface area contributed by atoms with Crippen LogP contribution in [0.4, 0.5) is 17.5 Å². The molecule has 3 aromatic rings. The lowest BCUT2D eigenvalue weighted by molar-refractivity contribution is -0.144. The standard InChI is InChI=1S/C34H46N6O5/c1-8-15-44-33(41)29(18-22(2)3)38(6)28-19-25(9-12-30(28)42-7)27-11-10-26-31(35-27)36-34(40-20-23(4)45-24(5)21-40)37-32(26)39-13-16-43-17-14-39/h8-12,19,22-24,29H,1,13-18,20-21H2,2-7H3. The van der Waals surface area contributed by atoms with Crippen molar-refractivity contribution in [3.05, 3.63) is 43.0 Å². The summed E-state index contributed by atoms with van der Waals surface area (Å²) in [7, 11) is 3.53. The zero-order valence-corrected chi connectivity index (χ0v) is 27.4. The predicted molar refractivity (Wildman–Crippen MR) is 177 cm³/mol. The van der Waals surface area contributed by atoms with E-state index in [4.69, 9.17) is 33.9 Å². The first-order chi connectivity index (χ1) is 21.7. The Morgan fingerprint density at radius 3 is 2.49 bits per heavy atom. The van der Waals surface area contributed by atoms with Gasteiger partial charge in [-0.1, -0.05) is 26.5 Å². The second-order valence-electron chi connectivity index (χ2n) is 12.2. The Labute approximate surface area is 266 Å². The minimum Gasteiger partial charge on any atom is -0.495 e. The van der Waals surface area contributed by atoms with Gasteiger partial charge in [-0.25, -0.2) is 9.78 Å². The molecule has 2 saturated heterocycles. The minimum absolute atomic E-state index is 0.0717. The number of nitrogens with zero attached hydrogens (tertiary/aromatic N) is 6. The van der Waals surface area contributed by atoms with Crippen molar-refractivity contribution in [1.29, 1.82) is 0 Å². The Hall–Kier alpha value is -3.96. The van der Waals surface area contributed by atoms with Crippen LogP contribution in [0.2, 0.25) is 0 Å². The molecule has 242 valence electrons. The monoisotopic (exact) mass is 618 g/mol. The van der Waals surface area contributed by atoms with E-state index in [2.05, 4.69) is 50.1 Å². The Morgan fingerprint density at radius 1 is 1.09 bits per heavy atom. The number of fused-ring (bicyclic) bond motifs is 1. The molecule has 3 unspecified atom stereocenters. The summed E-state index contributed by atoms with van der Waals surface area (Å²) in [5.41, 5.74) is 3.04. The molecule has 2 aliphatic rings. The normalized spacial score (nSPS) is 19.4. The molecule has 3 atom stereocenters. The summed E-state index contributed by atoms with van der Waals surface area (Å²) in [6.45, 7) is 16.4. The quantitative estimate of drug-likeness (QED) is 0.220. The molecule has 0 spiro atoms. The van der Waals surface area contributed by atoms with Gasteiger partial charge in [0.1, 0.15) is 24.2 Å². The van der Waals surface area contributed by atoms with E-state index in [0.717, 1.165) is 41.2 Å². The highest BCUT2D eigenvalue weighted by Gasteiger charge is 2.29. The van der Waals surface area contributed by atoms with Gasteiger partial charge in [-0.15, -0.1) is 0 Å². The molecule has 5 rings (SSSR count). The molecule has 45 heavy (non-hydrogen) atoms. The van der Waals surface area contributed by atoms with Crippen molar-refractivity contribution in [2.24, 2.45) is 5.92 Å². The average molecular weight is 619 g/mol. The highest BCUT2D eigenvalue weighted by molar-refractivity contribution is 5.90. The van der Waals surface area contributed by atoms with Crippen molar-refractivity contribution >= 4 is 34.5 Å². The topological polar surface area (TPSA) is 102 Å². The average Bonchev–Trinajstić information content (AvgIpc) is 3.04. The summed E-state index contributed by atoms with van der Waals surface area (Å²) in [6.07, 6.45) is 2.35. The molecule has 4 heterocycles. The van der Waals surface area contributed by atoms with Gasteiger partial charge in [0.15, 0.2) is 5.65 Å². The molecule has 2 fully saturated rings. The number of likely N-dealkylation sites (N-methyl/N-ethyl adjacent to an activating group) is 1. The van der Waals surface area contributed by atoms with E-state index in [1.165, 1.54) is 0 Å². The second-order valence-corrected chi connectivity index (χ2v) is 12.2. The highest BCUT2D eigenvalue weighted by atomic mass is 16.5. The molecule has 0 amide bonds. The molecule has 0 saturated carbocycles. The number of esters is 1. The number of ether oxygens (including phenoxy) is 4. The maximum absolute atomic E-state index is 13.1. The van der Waals surface area contributed by atoms with Crippen LogP contribution in [0.5, 0.6) is 5.75 Å². The minimum atomic E-state index is -0.497. The Bertz CT molecular complexity index is 1480. The number of methoxy groups -OCH3 is 1. The first kappa shape index (κ1) is 32.4. The molecule has 11 nitrogen and oxygen atoms in total. The van der Waals surface area contributed by atoms with Crippen LogP contribution in [0.1, 0.15) is 34.1 Å². The number of pyridine rings is 1. The van der Waals surface area contributed by atoms with Crippen LogP contribution in [0.15, 0.2) is 43.0 Å². The number of anilines is 3. The third-order valence-electron chi connectivity index (χ3n) is 8.17. The van der Waals surface area contributed by atoms with Gasteiger partial charge in [0, 0.05) is 38.8 Å². The van der Waals surface area contributed by atoms with Crippen molar-refractivity contribution in [3.8, 4) is 17.0 Å². The van der Waals surface area contributed by atoms with Crippen LogP contribution < -0.4 is 19.4 Å². The van der Waals surface area contributed by atoms with Crippen LogP contribution in [0.3, 0.4) is 0 Å². The van der Waals surface area contributed by atoms with Gasteiger partial charge in [0.2, 0.25) is 5.95 Å². The maximum Gasteiger partial charge on any atom is 0.329 e. The lowest BCUT2D eigenvalue weighted by Crippen LogP contribution is -2.46. The van der Waals surface area contributed by atoms with E-state index < -0.39 is 6.04 Å². The highest BCUT2D eigenvalue weighted by Crippen LogP contribution is 2.36. The van der Waals surface area contributed by atoms with Gasteiger partial charge >= 0.3 is 5.97 Å². The second kappa shape index (κ2) is 14.4. The summed E-state index contributed by atoms with van der Waals surface area (Å²) < 4.78 is 22.8. The van der Waals surface area contributed by atoms with Crippen molar-refractivity contribution < 1.29 is 23.7 Å². The number of morpholine rings is 2. The summed E-state index contributed by atoms with van der Waals surface area (Å²) in [5.74, 6) is 2.15. The number of carbonyl (C=O) groups is 1. The molecular weight excluding hydrogens is 572 g/mol. The number of hydrogen-bond acceptors (Lipinski definition) is 11. The number of benzene rings is 1. The smallest absolute Gasteiger partial charge is 0.329 e. The summed E-state index contributed by atoms with van der Waals surface area (Å²) in [6, 6.07) is 9.46. The molecular formula is C34H46N6O5. The summed E-state index contributed by atoms with van der Waals surface area (Å²) >= 11 is 0. The molecule has 0 bridgehead atoms. The van der Waals surface area contributed by atoms with Crippen molar-refractivity contribution in [2.45, 2.75) is 52.4 Å². The van der Waals surface area contributed by atoms with Gasteiger partial charge in [-0.05, 0) is 56.5 Å². The fourth-order valence-electron chi connectivity index (χ4n) is 6.03. The number of carbonyl (C=O) groups excluding carboxylic acids is 1. The van der Waals surface area contributed by atoms with Crippen LogP contribution in [-0.4, -0.2) is 99.3 Å². The van der Waals surface area contributed by atoms with Crippen LogP contribution in [-0.2, 0) is 19.0 Å². The van der Waals surface area contributed by atoms with E-state index >= 15 is 0 Å². The van der Waals surface area contributed by atoms with Gasteiger partial charge in [0.05, 0.1) is 49.3 Å². The van der Waals surface area contributed by atoms with Crippen molar-refractivity contribution in [3.63, 3.8) is 0 Å². The summed E-state index contributed by atoms with van der Waals surface area (Å²) in [5, 5.41) is 0.895. The molecule has 1 aromatic carbocycles. The van der Waals surface area contributed by atoms with E-state index in [9.17, 15) is 4.79 Å². The lowest BCUT2D eigenvalue weighted by atomic mass is 10.0. The zero-order valence-electron chi connectivity index (χ0n) is 27.4. The van der Waals surface area contributed by atoms with Crippen LogP contribution in [0, 0.1) is 5.92 Å². The molecule has 0 radical (unpaired) electrons. The fraction of sp³-hybridized carbons (Fsp3) is 0.529. The van der Waals surface area contributed by atoms with E-state index in [1.807, 2.05) is 36.2 Å². The Balaban J connectivity index is 1.56. The van der Waals surface area contributed by atoms with E-state index in [-0.39, 0.29) is 30.7 Å².